The molecule has 0 aliphatic rings. The third-order valence-electron chi connectivity index (χ3n) is 1.86. The van der Waals surface area contributed by atoms with E-state index in [4.69, 9.17) is 0 Å². The summed E-state index contributed by atoms with van der Waals surface area (Å²) in [6.45, 7) is 10.3. The molecule has 0 fully saturated rings. The van der Waals surface area contributed by atoms with Crippen LogP contribution >= 0.6 is 11.3 Å². The number of rotatable bonds is 1. The Morgan fingerprint density at radius 2 is 2.00 bits per heavy atom. The molecule has 0 aromatic carbocycles. The molecule has 1 rings (SSSR count). The Balaban J connectivity index is 3.50. The van der Waals surface area contributed by atoms with E-state index in [2.05, 4.69) is 38.7 Å². The van der Waals surface area contributed by atoms with Gasteiger partial charge in [-0.15, -0.1) is 11.3 Å². The van der Waals surface area contributed by atoms with Crippen molar-refractivity contribution in [2.45, 2.75) is 20.8 Å². The van der Waals surface area contributed by atoms with Gasteiger partial charge in [0.25, 0.3) is 0 Å². The van der Waals surface area contributed by atoms with Gasteiger partial charge in [-0.05, 0) is 31.6 Å². The maximum Gasteiger partial charge on any atom is 0.0303 e. The standard InChI is InChI=1S/C11H14S/c1-5-7-10-8(3)11(6-2)12-9(10)4/h5-7H,3H2,1-2,4H3. The van der Waals surface area contributed by atoms with Crippen LogP contribution in [0.25, 0.3) is 18.7 Å². The fraction of sp³-hybridized carbons (Fsp3) is 0.273. The Labute approximate surface area is 77.6 Å². The van der Waals surface area contributed by atoms with Crippen LogP contribution in [-0.4, -0.2) is 0 Å². The summed E-state index contributed by atoms with van der Waals surface area (Å²) in [6.07, 6.45) is 6.30. The Morgan fingerprint density at radius 1 is 1.33 bits per heavy atom. The third kappa shape index (κ3) is 1.51. The SMILES string of the molecule is C=c1c(C=CC)c(C)sc1=CC. The van der Waals surface area contributed by atoms with Gasteiger partial charge >= 0.3 is 0 Å². The first-order chi connectivity index (χ1) is 5.70. The van der Waals surface area contributed by atoms with Crippen molar-refractivity contribution in [3.8, 4) is 0 Å². The van der Waals surface area contributed by atoms with Crippen molar-refractivity contribution in [3.63, 3.8) is 0 Å². The molecule has 1 aromatic heterocycles. The lowest BCUT2D eigenvalue weighted by Gasteiger charge is -1.86. The van der Waals surface area contributed by atoms with Crippen molar-refractivity contribution in [1.29, 1.82) is 0 Å². The molecule has 64 valence electrons. The largest absolute Gasteiger partial charge is 0.140 e. The average Bonchev–Trinajstić information content (AvgIpc) is 2.32. The molecular formula is C11H14S. The van der Waals surface area contributed by atoms with Gasteiger partial charge in [-0.3, -0.25) is 0 Å². The van der Waals surface area contributed by atoms with Crippen molar-refractivity contribution < 1.29 is 0 Å². The lowest BCUT2D eigenvalue weighted by molar-refractivity contribution is 1.54. The van der Waals surface area contributed by atoms with Crippen molar-refractivity contribution in [3.05, 3.63) is 26.3 Å². The highest BCUT2D eigenvalue weighted by atomic mass is 32.1. The first kappa shape index (κ1) is 9.27. The molecular weight excluding hydrogens is 164 g/mol. The van der Waals surface area contributed by atoms with Crippen molar-refractivity contribution in [1.82, 2.24) is 0 Å². The van der Waals surface area contributed by atoms with Crippen LogP contribution in [0.5, 0.6) is 0 Å². The highest BCUT2D eigenvalue weighted by Crippen LogP contribution is 2.07. The minimum Gasteiger partial charge on any atom is -0.140 e. The van der Waals surface area contributed by atoms with Gasteiger partial charge in [0.1, 0.15) is 0 Å². The Morgan fingerprint density at radius 3 is 2.42 bits per heavy atom. The normalized spacial score (nSPS) is 13.1. The fourth-order valence-electron chi connectivity index (χ4n) is 1.24. The zero-order valence-corrected chi connectivity index (χ0v) is 8.66. The average molecular weight is 178 g/mol. The van der Waals surface area contributed by atoms with E-state index in [9.17, 15) is 0 Å². The van der Waals surface area contributed by atoms with Gasteiger partial charge in [0.2, 0.25) is 0 Å². The number of allylic oxidation sites excluding steroid dienone is 1. The minimum absolute atomic E-state index is 1.16. The summed E-state index contributed by atoms with van der Waals surface area (Å²) in [5.41, 5.74) is 1.29. The topological polar surface area (TPSA) is 0 Å². The lowest BCUT2D eigenvalue weighted by Crippen LogP contribution is -2.17. The maximum absolute atomic E-state index is 4.06. The van der Waals surface area contributed by atoms with Crippen LogP contribution < -0.4 is 9.75 Å². The monoisotopic (exact) mass is 178 g/mol. The quantitative estimate of drug-likeness (QED) is 0.619. The summed E-state index contributed by atoms with van der Waals surface area (Å²) < 4.78 is 1.29. The van der Waals surface area contributed by atoms with Crippen LogP contribution in [0, 0.1) is 6.92 Å². The van der Waals surface area contributed by atoms with Crippen molar-refractivity contribution >= 4 is 30.1 Å². The van der Waals surface area contributed by atoms with Crippen molar-refractivity contribution in [2.24, 2.45) is 0 Å². The predicted octanol–water partition coefficient (Wildman–Crippen LogP) is 2.30. The van der Waals surface area contributed by atoms with Crippen LogP contribution in [0.4, 0.5) is 0 Å². The summed E-state index contributed by atoms with van der Waals surface area (Å²) in [6, 6.07) is 0. The molecule has 0 aliphatic heterocycles. The van der Waals surface area contributed by atoms with Gasteiger partial charge < -0.3 is 0 Å². The molecule has 0 saturated carbocycles. The number of hydrogen-bond acceptors (Lipinski definition) is 1. The van der Waals surface area contributed by atoms with Gasteiger partial charge in [0, 0.05) is 9.41 Å². The second kappa shape index (κ2) is 3.72. The summed E-state index contributed by atoms with van der Waals surface area (Å²) in [5.74, 6) is 0. The minimum atomic E-state index is 1.16. The summed E-state index contributed by atoms with van der Waals surface area (Å²) in [4.78, 5) is 1.35. The summed E-state index contributed by atoms with van der Waals surface area (Å²) >= 11 is 1.81. The highest BCUT2D eigenvalue weighted by molar-refractivity contribution is 7.10. The number of thiophene rings is 1. The van der Waals surface area contributed by atoms with Gasteiger partial charge in [-0.1, -0.05) is 24.8 Å². The molecule has 1 aromatic rings. The molecule has 0 saturated heterocycles. The van der Waals surface area contributed by atoms with Crippen molar-refractivity contribution in [2.75, 3.05) is 0 Å². The summed E-state index contributed by atoms with van der Waals surface area (Å²) in [7, 11) is 0. The molecule has 0 amide bonds. The molecule has 0 N–H and O–H groups in total. The molecule has 1 heteroatoms. The second-order valence-electron chi connectivity index (χ2n) is 2.70. The summed E-state index contributed by atoms with van der Waals surface area (Å²) in [5, 5.41) is 1.16. The van der Waals surface area contributed by atoms with E-state index in [0.717, 1.165) is 5.22 Å². The molecule has 0 unspecified atom stereocenters. The number of aryl methyl sites for hydroxylation is 1. The van der Waals surface area contributed by atoms with Crippen LogP contribution in [0.1, 0.15) is 24.3 Å². The lowest BCUT2D eigenvalue weighted by atomic mass is 10.2. The van der Waals surface area contributed by atoms with E-state index in [1.54, 1.807) is 0 Å². The molecule has 1 heterocycles. The Kier molecular flexibility index (Phi) is 2.88. The van der Waals surface area contributed by atoms with E-state index in [1.165, 1.54) is 15.0 Å². The first-order valence-corrected chi connectivity index (χ1v) is 4.89. The third-order valence-corrected chi connectivity index (χ3v) is 3.09. The molecule has 0 spiro atoms. The van der Waals surface area contributed by atoms with Gasteiger partial charge in [0.05, 0.1) is 0 Å². The smallest absolute Gasteiger partial charge is 0.0303 e. The van der Waals surface area contributed by atoms with E-state index in [-0.39, 0.29) is 0 Å². The highest BCUT2D eigenvalue weighted by Gasteiger charge is 1.98. The van der Waals surface area contributed by atoms with Gasteiger partial charge in [-0.25, -0.2) is 0 Å². The zero-order chi connectivity index (χ0) is 9.14. The van der Waals surface area contributed by atoms with Gasteiger partial charge in [0.15, 0.2) is 0 Å². The van der Waals surface area contributed by atoms with E-state index in [1.807, 2.05) is 18.3 Å². The maximum atomic E-state index is 4.06. The Hall–Kier alpha value is -0.820. The molecule has 0 nitrogen and oxygen atoms in total. The van der Waals surface area contributed by atoms with E-state index >= 15 is 0 Å². The van der Waals surface area contributed by atoms with Gasteiger partial charge in [-0.2, -0.15) is 0 Å². The fourth-order valence-corrected chi connectivity index (χ4v) is 2.23. The van der Waals surface area contributed by atoms with E-state index in [0.29, 0.717) is 0 Å². The molecule has 0 radical (unpaired) electrons. The van der Waals surface area contributed by atoms with Crippen LogP contribution in [0.3, 0.4) is 0 Å². The van der Waals surface area contributed by atoms with Crippen LogP contribution in [-0.2, 0) is 0 Å². The first-order valence-electron chi connectivity index (χ1n) is 4.08. The zero-order valence-electron chi connectivity index (χ0n) is 7.85. The molecule has 0 atom stereocenters. The predicted molar refractivity (Wildman–Crippen MR) is 58.7 cm³/mol. The molecule has 0 bridgehead atoms. The Bertz CT molecular complexity index is 393. The van der Waals surface area contributed by atoms with Crippen LogP contribution in [0.2, 0.25) is 0 Å². The van der Waals surface area contributed by atoms with E-state index < -0.39 is 0 Å². The second-order valence-corrected chi connectivity index (χ2v) is 3.96. The van der Waals surface area contributed by atoms with Crippen LogP contribution in [0.15, 0.2) is 6.08 Å². The molecule has 0 aliphatic carbocycles. The molecule has 12 heavy (non-hydrogen) atoms. The number of hydrogen-bond donors (Lipinski definition) is 0.